The van der Waals surface area contributed by atoms with Gasteiger partial charge in [-0.15, -0.1) is 0 Å². The maximum atomic E-state index is 12.2. The van der Waals surface area contributed by atoms with Gasteiger partial charge in [-0.05, 0) is 31.6 Å². The number of rotatable bonds is 6. The molecule has 0 radical (unpaired) electrons. The van der Waals surface area contributed by atoms with Gasteiger partial charge in [-0.3, -0.25) is 4.79 Å². The van der Waals surface area contributed by atoms with E-state index in [0.29, 0.717) is 38.3 Å². The first-order chi connectivity index (χ1) is 10.9. The van der Waals surface area contributed by atoms with Gasteiger partial charge in [0.25, 0.3) is 0 Å². The van der Waals surface area contributed by atoms with Crippen molar-refractivity contribution in [2.45, 2.75) is 51.6 Å². The number of ether oxygens (including phenoxy) is 1. The van der Waals surface area contributed by atoms with E-state index in [1.165, 1.54) is 29.8 Å². The van der Waals surface area contributed by atoms with Crippen molar-refractivity contribution in [2.75, 3.05) is 32.5 Å². The van der Waals surface area contributed by atoms with Crippen LogP contribution in [0.15, 0.2) is 0 Å². The van der Waals surface area contributed by atoms with Crippen LogP contribution in [0.3, 0.4) is 0 Å². The monoisotopic (exact) mass is 346 g/mol. The summed E-state index contributed by atoms with van der Waals surface area (Å²) in [5.74, 6) is 0.298. The second kappa shape index (κ2) is 8.44. The Labute approximate surface area is 140 Å². The Hall–Kier alpha value is -0.660. The molecule has 2 fully saturated rings. The zero-order chi connectivity index (χ0) is 16.9. The Morgan fingerprint density at radius 3 is 2.65 bits per heavy atom. The van der Waals surface area contributed by atoms with Crippen LogP contribution in [-0.4, -0.2) is 57.2 Å². The van der Waals surface area contributed by atoms with Crippen molar-refractivity contribution in [3.8, 4) is 0 Å². The summed E-state index contributed by atoms with van der Waals surface area (Å²) >= 11 is 0. The van der Waals surface area contributed by atoms with Gasteiger partial charge in [0.15, 0.2) is 0 Å². The Balaban J connectivity index is 1.68. The van der Waals surface area contributed by atoms with Crippen molar-refractivity contribution in [1.29, 1.82) is 0 Å². The van der Waals surface area contributed by atoms with E-state index in [1.807, 2.05) is 0 Å². The smallest absolute Gasteiger partial charge is 0.224 e. The van der Waals surface area contributed by atoms with E-state index in [1.54, 1.807) is 0 Å². The lowest BCUT2D eigenvalue weighted by Gasteiger charge is -2.30. The molecule has 0 aromatic heterocycles. The predicted octanol–water partition coefficient (Wildman–Crippen LogP) is 1.37. The number of nitrogens with one attached hydrogen (secondary N) is 1. The Bertz CT molecular complexity index is 494. The Morgan fingerprint density at radius 1 is 1.22 bits per heavy atom. The van der Waals surface area contributed by atoms with E-state index in [9.17, 15) is 13.2 Å². The molecule has 0 bridgehead atoms. The molecule has 1 amide bonds. The topological polar surface area (TPSA) is 75.7 Å². The average Bonchev–Trinajstić information content (AvgIpc) is 2.52. The van der Waals surface area contributed by atoms with Crippen LogP contribution in [0, 0.1) is 11.8 Å². The molecule has 0 unspecified atom stereocenters. The summed E-state index contributed by atoms with van der Waals surface area (Å²) in [5, 5.41) is 2.89. The van der Waals surface area contributed by atoms with Crippen molar-refractivity contribution < 1.29 is 17.9 Å². The fourth-order valence-electron chi connectivity index (χ4n) is 3.52. The van der Waals surface area contributed by atoms with Crippen LogP contribution in [0.5, 0.6) is 0 Å². The third-order valence-corrected chi connectivity index (χ3v) is 6.26. The van der Waals surface area contributed by atoms with Gasteiger partial charge in [-0.25, -0.2) is 12.7 Å². The standard InChI is InChI=1S/C16H30N2O4S/c1-13-6-3-4-8-15(13)22-11-9-17-16(19)14-7-5-10-18(12-14)23(2,20)21/h13-15H,3-12H2,1-2H3,(H,17,19)/t13-,14+,15-/m1/s1. The van der Waals surface area contributed by atoms with Crippen LogP contribution in [0.2, 0.25) is 0 Å². The average molecular weight is 346 g/mol. The molecule has 1 heterocycles. The number of amides is 1. The molecule has 1 aliphatic heterocycles. The van der Waals surface area contributed by atoms with E-state index in [-0.39, 0.29) is 11.8 Å². The summed E-state index contributed by atoms with van der Waals surface area (Å²) in [6, 6.07) is 0. The molecule has 1 N–H and O–H groups in total. The number of nitrogens with zero attached hydrogens (tertiary/aromatic N) is 1. The molecule has 7 heteroatoms. The van der Waals surface area contributed by atoms with Crippen LogP contribution in [0.4, 0.5) is 0 Å². The highest BCUT2D eigenvalue weighted by atomic mass is 32.2. The van der Waals surface area contributed by atoms with Gasteiger partial charge < -0.3 is 10.1 Å². The lowest BCUT2D eigenvalue weighted by Crippen LogP contribution is -2.45. The van der Waals surface area contributed by atoms with Gasteiger partial charge in [-0.2, -0.15) is 0 Å². The molecule has 0 aromatic carbocycles. The summed E-state index contributed by atoms with van der Waals surface area (Å²) in [4.78, 5) is 12.2. The molecule has 1 aliphatic carbocycles. The van der Waals surface area contributed by atoms with Gasteiger partial charge >= 0.3 is 0 Å². The van der Waals surface area contributed by atoms with Crippen molar-refractivity contribution in [1.82, 2.24) is 9.62 Å². The van der Waals surface area contributed by atoms with E-state index in [4.69, 9.17) is 4.74 Å². The summed E-state index contributed by atoms with van der Waals surface area (Å²) in [5.41, 5.74) is 0. The predicted molar refractivity (Wildman–Crippen MR) is 89.5 cm³/mol. The highest BCUT2D eigenvalue weighted by molar-refractivity contribution is 7.88. The minimum atomic E-state index is -3.21. The highest BCUT2D eigenvalue weighted by Gasteiger charge is 2.30. The van der Waals surface area contributed by atoms with Crippen molar-refractivity contribution in [3.63, 3.8) is 0 Å². The maximum Gasteiger partial charge on any atom is 0.224 e. The second-order valence-electron chi connectivity index (χ2n) is 6.92. The fourth-order valence-corrected chi connectivity index (χ4v) is 4.43. The van der Waals surface area contributed by atoms with Crippen LogP contribution >= 0.6 is 0 Å². The molecule has 6 nitrogen and oxygen atoms in total. The molecule has 3 atom stereocenters. The van der Waals surface area contributed by atoms with Crippen LogP contribution < -0.4 is 5.32 Å². The SMILES string of the molecule is C[C@@H]1CCCC[C@H]1OCCNC(=O)[C@H]1CCCN(S(C)(=O)=O)C1. The van der Waals surface area contributed by atoms with E-state index < -0.39 is 10.0 Å². The summed E-state index contributed by atoms with van der Waals surface area (Å²) in [6.45, 7) is 4.07. The van der Waals surface area contributed by atoms with Crippen molar-refractivity contribution >= 4 is 15.9 Å². The molecular weight excluding hydrogens is 316 g/mol. The van der Waals surface area contributed by atoms with Gasteiger partial charge in [0.1, 0.15) is 0 Å². The highest BCUT2D eigenvalue weighted by Crippen LogP contribution is 2.26. The lowest BCUT2D eigenvalue weighted by atomic mass is 9.88. The first kappa shape index (κ1) is 18.7. The first-order valence-corrected chi connectivity index (χ1v) is 10.6. The lowest BCUT2D eigenvalue weighted by molar-refractivity contribution is -0.126. The normalized spacial score (nSPS) is 30.1. The minimum absolute atomic E-state index is 0.0568. The number of carbonyl (C=O) groups excluding carboxylic acids is 1. The Morgan fingerprint density at radius 2 is 1.96 bits per heavy atom. The molecular formula is C16H30N2O4S. The van der Waals surface area contributed by atoms with E-state index in [2.05, 4.69) is 12.2 Å². The van der Waals surface area contributed by atoms with Crippen LogP contribution in [0.1, 0.15) is 45.4 Å². The first-order valence-electron chi connectivity index (χ1n) is 8.72. The van der Waals surface area contributed by atoms with Gasteiger partial charge in [-0.1, -0.05) is 19.8 Å². The number of carbonyl (C=O) groups is 1. The van der Waals surface area contributed by atoms with Crippen molar-refractivity contribution in [2.24, 2.45) is 11.8 Å². The maximum absolute atomic E-state index is 12.2. The number of hydrogen-bond donors (Lipinski definition) is 1. The number of piperidine rings is 1. The quantitative estimate of drug-likeness (QED) is 0.737. The zero-order valence-electron chi connectivity index (χ0n) is 14.3. The molecule has 1 saturated heterocycles. The third-order valence-electron chi connectivity index (χ3n) is 4.99. The van der Waals surface area contributed by atoms with Crippen molar-refractivity contribution in [3.05, 3.63) is 0 Å². The van der Waals surface area contributed by atoms with Gasteiger partial charge in [0, 0.05) is 19.6 Å². The number of sulfonamides is 1. The van der Waals surface area contributed by atoms with Gasteiger partial charge in [0.2, 0.25) is 15.9 Å². The molecule has 0 spiro atoms. The van der Waals surface area contributed by atoms with E-state index in [0.717, 1.165) is 19.3 Å². The molecule has 2 aliphatic rings. The molecule has 2 rings (SSSR count). The summed E-state index contributed by atoms with van der Waals surface area (Å²) in [6.07, 6.45) is 7.85. The summed E-state index contributed by atoms with van der Waals surface area (Å²) < 4.78 is 30.5. The molecule has 0 aromatic rings. The Kier molecular flexibility index (Phi) is 6.85. The minimum Gasteiger partial charge on any atom is -0.376 e. The zero-order valence-corrected chi connectivity index (χ0v) is 15.1. The molecule has 134 valence electrons. The second-order valence-corrected chi connectivity index (χ2v) is 8.90. The largest absolute Gasteiger partial charge is 0.376 e. The van der Waals surface area contributed by atoms with E-state index >= 15 is 0 Å². The summed E-state index contributed by atoms with van der Waals surface area (Å²) in [7, 11) is -3.21. The van der Waals surface area contributed by atoms with Gasteiger partial charge in [0.05, 0.1) is 24.9 Å². The molecule has 1 saturated carbocycles. The number of hydrogen-bond acceptors (Lipinski definition) is 4. The third kappa shape index (κ3) is 5.72. The fraction of sp³-hybridized carbons (Fsp3) is 0.938. The molecule has 23 heavy (non-hydrogen) atoms. The van der Waals surface area contributed by atoms with Crippen LogP contribution in [-0.2, 0) is 19.6 Å². The van der Waals surface area contributed by atoms with Crippen LogP contribution in [0.25, 0.3) is 0 Å².